The highest BCUT2D eigenvalue weighted by molar-refractivity contribution is 8.00. The molecule has 0 radical (unpaired) electrons. The van der Waals surface area contributed by atoms with E-state index in [9.17, 15) is 38.2 Å². The first-order valence-corrected chi connectivity index (χ1v) is 17.2. The molecule has 5 rings (SSSR count). The summed E-state index contributed by atoms with van der Waals surface area (Å²) in [5.74, 6) is -3.49. The number of halogens is 2. The summed E-state index contributed by atoms with van der Waals surface area (Å²) in [7, 11) is 0. The van der Waals surface area contributed by atoms with Crippen molar-refractivity contribution in [2.75, 3.05) is 17.3 Å². The number of hydrogen-bond donors (Lipinski definition) is 4. The minimum Gasteiger partial charge on any atom is -0.484 e. The molecule has 1 aliphatic rings. The standard InChI is InChI=1S/C38H37F2N3O7S/c1-22(2)32(38(48)49)42-36(46)33(24-6-4-3-5-7-24)41-31(45)20-50-29-18-10-25(11-19-29)34-35(37(47)43(34)28-16-14-27(40)15-17-28)51-21-30(44)23-8-12-26(39)13-9-23/h3-19,22,30,32-35,44H,20-21H2,1-2H3,(H,41,45)(H,42,46)(H,48,49)/t30?,32-,33+,34+,35+/m0/s1. The number of carboxylic acids is 1. The summed E-state index contributed by atoms with van der Waals surface area (Å²) in [4.78, 5) is 52.8. The molecule has 13 heteroatoms. The Kier molecular flexibility index (Phi) is 12.1. The van der Waals surface area contributed by atoms with E-state index in [1.807, 2.05) is 0 Å². The number of benzene rings is 4. The van der Waals surface area contributed by atoms with Crippen LogP contribution in [0.25, 0.3) is 0 Å². The topological polar surface area (TPSA) is 145 Å². The van der Waals surface area contributed by atoms with Crippen LogP contribution in [0.3, 0.4) is 0 Å². The van der Waals surface area contributed by atoms with E-state index >= 15 is 0 Å². The Hall–Kier alpha value is -5.27. The lowest BCUT2D eigenvalue weighted by atomic mass is 9.92. The summed E-state index contributed by atoms with van der Waals surface area (Å²) < 4.78 is 32.8. The molecule has 0 spiro atoms. The van der Waals surface area contributed by atoms with Crippen LogP contribution in [0.5, 0.6) is 5.75 Å². The highest BCUT2D eigenvalue weighted by Gasteiger charge is 2.49. The van der Waals surface area contributed by atoms with E-state index in [0.29, 0.717) is 22.6 Å². The van der Waals surface area contributed by atoms with E-state index < -0.39 is 71.4 Å². The first-order chi connectivity index (χ1) is 24.4. The fraction of sp³-hybridized carbons (Fsp3) is 0.263. The predicted octanol–water partition coefficient (Wildman–Crippen LogP) is 5.35. The molecule has 1 unspecified atom stereocenters. The quantitative estimate of drug-likeness (QED) is 0.121. The number of carbonyl (C=O) groups excluding carboxylic acids is 3. The lowest BCUT2D eigenvalue weighted by Gasteiger charge is -2.47. The van der Waals surface area contributed by atoms with E-state index in [2.05, 4.69) is 10.6 Å². The average Bonchev–Trinajstić information content (AvgIpc) is 3.12. The number of ether oxygens (including phenoxy) is 1. The molecule has 5 atom stereocenters. The molecule has 0 aromatic heterocycles. The molecule has 266 valence electrons. The van der Waals surface area contributed by atoms with Crippen molar-refractivity contribution in [3.8, 4) is 5.75 Å². The van der Waals surface area contributed by atoms with Crippen LogP contribution in [0.2, 0.25) is 0 Å². The molecule has 0 aliphatic carbocycles. The number of aliphatic hydroxyl groups is 1. The van der Waals surface area contributed by atoms with Crippen LogP contribution in [0.4, 0.5) is 14.5 Å². The summed E-state index contributed by atoms with van der Waals surface area (Å²) in [5.41, 5.74) is 2.20. The number of rotatable bonds is 15. The van der Waals surface area contributed by atoms with Gasteiger partial charge in [0.2, 0.25) is 11.8 Å². The molecule has 1 fully saturated rings. The number of thioether (sulfide) groups is 1. The molecule has 1 aliphatic heterocycles. The zero-order chi connectivity index (χ0) is 36.7. The fourth-order valence-corrected chi connectivity index (χ4v) is 6.92. The predicted molar refractivity (Wildman–Crippen MR) is 188 cm³/mol. The summed E-state index contributed by atoms with van der Waals surface area (Å²) in [5, 5.41) is 24.8. The Morgan fingerprint density at radius 3 is 2.04 bits per heavy atom. The Morgan fingerprint density at radius 2 is 1.45 bits per heavy atom. The third-order valence-electron chi connectivity index (χ3n) is 8.36. The number of aliphatic hydroxyl groups excluding tert-OH is 1. The van der Waals surface area contributed by atoms with Gasteiger partial charge in [0.1, 0.15) is 34.7 Å². The van der Waals surface area contributed by atoms with Gasteiger partial charge in [-0.1, -0.05) is 68.4 Å². The lowest BCUT2D eigenvalue weighted by Crippen LogP contribution is -2.57. The van der Waals surface area contributed by atoms with Crippen molar-refractivity contribution in [3.63, 3.8) is 0 Å². The smallest absolute Gasteiger partial charge is 0.326 e. The number of hydrogen-bond acceptors (Lipinski definition) is 7. The van der Waals surface area contributed by atoms with Crippen LogP contribution < -0.4 is 20.3 Å². The van der Waals surface area contributed by atoms with Gasteiger partial charge in [-0.3, -0.25) is 14.4 Å². The van der Waals surface area contributed by atoms with Crippen molar-refractivity contribution in [1.82, 2.24) is 10.6 Å². The first-order valence-electron chi connectivity index (χ1n) is 16.2. The van der Waals surface area contributed by atoms with Gasteiger partial charge in [-0.2, -0.15) is 0 Å². The number of aliphatic carboxylic acids is 1. The van der Waals surface area contributed by atoms with Crippen LogP contribution >= 0.6 is 11.8 Å². The van der Waals surface area contributed by atoms with Crippen LogP contribution in [-0.2, 0) is 19.2 Å². The number of nitrogens with zero attached hydrogens (tertiary/aromatic N) is 1. The SMILES string of the molecule is CC(C)[C@H](NC(=O)[C@H](NC(=O)COc1ccc([C@@H]2[C@@H](SCC(O)c3ccc(F)cc3)C(=O)N2c2ccc(F)cc2)cc1)c1ccccc1)C(=O)O. The van der Waals surface area contributed by atoms with Gasteiger partial charge < -0.3 is 30.5 Å². The molecule has 4 N–H and O–H groups in total. The average molecular weight is 718 g/mol. The molecular weight excluding hydrogens is 680 g/mol. The van der Waals surface area contributed by atoms with Crippen molar-refractivity contribution in [2.45, 2.75) is 43.3 Å². The summed E-state index contributed by atoms with van der Waals surface area (Å²) >= 11 is 1.26. The van der Waals surface area contributed by atoms with Gasteiger partial charge in [0.15, 0.2) is 6.61 Å². The van der Waals surface area contributed by atoms with E-state index in [1.165, 1.54) is 60.3 Å². The first kappa shape index (κ1) is 37.0. The van der Waals surface area contributed by atoms with Crippen molar-refractivity contribution in [1.29, 1.82) is 0 Å². The van der Waals surface area contributed by atoms with Gasteiger partial charge >= 0.3 is 5.97 Å². The number of carboxylic acid groups (broad SMARTS) is 1. The minimum atomic E-state index is -1.19. The van der Waals surface area contributed by atoms with E-state index in [4.69, 9.17) is 4.74 Å². The summed E-state index contributed by atoms with van der Waals surface area (Å²) in [6, 6.07) is 23.4. The summed E-state index contributed by atoms with van der Waals surface area (Å²) in [6.45, 7) is 2.87. The second-order valence-electron chi connectivity index (χ2n) is 12.3. The van der Waals surface area contributed by atoms with Crippen molar-refractivity contribution >= 4 is 41.1 Å². The van der Waals surface area contributed by atoms with Gasteiger partial charge in [0.25, 0.3) is 5.91 Å². The van der Waals surface area contributed by atoms with E-state index in [-0.39, 0.29) is 11.7 Å². The molecule has 4 aromatic rings. The Bertz CT molecular complexity index is 1830. The van der Waals surface area contributed by atoms with Crippen LogP contribution in [-0.4, -0.2) is 57.6 Å². The zero-order valence-corrected chi connectivity index (χ0v) is 28.6. The van der Waals surface area contributed by atoms with Crippen molar-refractivity contribution < 1.29 is 42.9 Å². The van der Waals surface area contributed by atoms with Gasteiger partial charge in [0, 0.05) is 11.4 Å². The molecular formula is C38H37F2N3O7S. The summed E-state index contributed by atoms with van der Waals surface area (Å²) in [6.07, 6.45) is -0.938. The van der Waals surface area contributed by atoms with Gasteiger partial charge in [-0.05, 0) is 71.1 Å². The second kappa shape index (κ2) is 16.6. The van der Waals surface area contributed by atoms with Crippen LogP contribution in [0.15, 0.2) is 103 Å². The Balaban J connectivity index is 1.26. The second-order valence-corrected chi connectivity index (χ2v) is 13.5. The minimum absolute atomic E-state index is 0.169. The Labute approximate surface area is 297 Å². The number of anilines is 1. The normalized spacial score (nSPS) is 17.2. The van der Waals surface area contributed by atoms with Gasteiger partial charge in [-0.25, -0.2) is 13.6 Å². The number of carbonyl (C=O) groups is 4. The molecule has 0 bridgehead atoms. The monoisotopic (exact) mass is 717 g/mol. The molecule has 1 saturated heterocycles. The molecule has 0 saturated carbocycles. The van der Waals surface area contributed by atoms with E-state index in [0.717, 1.165) is 5.56 Å². The maximum atomic E-state index is 13.7. The molecule has 1 heterocycles. The maximum absolute atomic E-state index is 13.7. The molecule has 3 amide bonds. The Morgan fingerprint density at radius 1 is 0.843 bits per heavy atom. The highest BCUT2D eigenvalue weighted by Crippen LogP contribution is 2.46. The van der Waals surface area contributed by atoms with Gasteiger partial charge in [0.05, 0.1) is 12.1 Å². The van der Waals surface area contributed by atoms with E-state index in [1.54, 1.807) is 73.3 Å². The van der Waals surface area contributed by atoms with Crippen molar-refractivity contribution in [2.24, 2.45) is 5.92 Å². The number of nitrogens with one attached hydrogen (secondary N) is 2. The maximum Gasteiger partial charge on any atom is 0.326 e. The largest absolute Gasteiger partial charge is 0.484 e. The third-order valence-corrected chi connectivity index (χ3v) is 9.69. The lowest BCUT2D eigenvalue weighted by molar-refractivity contribution is -0.143. The van der Waals surface area contributed by atoms with Crippen LogP contribution in [0, 0.1) is 17.6 Å². The zero-order valence-electron chi connectivity index (χ0n) is 27.7. The third kappa shape index (κ3) is 9.10. The fourth-order valence-electron chi connectivity index (χ4n) is 5.62. The van der Waals surface area contributed by atoms with Crippen molar-refractivity contribution in [3.05, 3.63) is 131 Å². The number of amides is 3. The van der Waals surface area contributed by atoms with Crippen LogP contribution in [0.1, 0.15) is 48.7 Å². The number of β-lactam (4-membered cyclic amide) rings is 1. The van der Waals surface area contributed by atoms with Gasteiger partial charge in [-0.15, -0.1) is 11.8 Å². The molecule has 51 heavy (non-hydrogen) atoms. The molecule has 10 nitrogen and oxygen atoms in total. The highest BCUT2D eigenvalue weighted by atomic mass is 32.2. The molecule has 4 aromatic carbocycles.